The highest BCUT2D eigenvalue weighted by molar-refractivity contribution is 5.72. The molecular formula is C26H6F8N6O2. The molecule has 0 bridgehead atoms. The standard InChI is InChI=1S/C26H6F8N6O2/c27-17-5-11(1-3-15(17)25(29,30)31)19-21(41-23(39-19)13(7-35)8-36)22-20(40-24(42-22)14(9-37)10-38)12-2-4-16(18(28)6-12)26(32,33)34/h1-6H/b22-21+. The Kier molecular flexibility index (Phi) is 7.27. The van der Waals surface area contributed by atoms with Crippen molar-refractivity contribution in [3.63, 3.8) is 0 Å². The van der Waals surface area contributed by atoms with E-state index in [1.54, 1.807) is 0 Å². The van der Waals surface area contributed by atoms with Crippen LogP contribution in [0.15, 0.2) is 45.2 Å². The molecule has 16 heteroatoms. The zero-order valence-corrected chi connectivity index (χ0v) is 20.0. The van der Waals surface area contributed by atoms with Crippen LogP contribution in [0.5, 0.6) is 0 Å². The molecular weight excluding hydrogens is 580 g/mol. The Bertz CT molecular complexity index is 1960. The summed E-state index contributed by atoms with van der Waals surface area (Å²) >= 11 is 0. The second kappa shape index (κ2) is 10.5. The fourth-order valence-corrected chi connectivity index (χ4v) is 3.58. The Morgan fingerprint density at radius 2 is 0.929 bits per heavy atom. The Labute approximate surface area is 226 Å². The molecule has 208 valence electrons. The first-order valence-corrected chi connectivity index (χ1v) is 10.8. The summed E-state index contributed by atoms with van der Waals surface area (Å²) in [5, 5.41) is 37.0. The maximum absolute atomic E-state index is 14.5. The highest BCUT2D eigenvalue weighted by atomic mass is 19.4. The lowest BCUT2D eigenvalue weighted by Gasteiger charge is -2.08. The first-order chi connectivity index (χ1) is 19.7. The Balaban J connectivity index is 2.24. The average Bonchev–Trinajstić information content (AvgIpc) is 3.54. The molecule has 0 radical (unpaired) electrons. The maximum atomic E-state index is 14.5. The van der Waals surface area contributed by atoms with Gasteiger partial charge in [0, 0.05) is 11.1 Å². The van der Waals surface area contributed by atoms with Crippen molar-refractivity contribution in [2.24, 2.45) is 0 Å². The van der Waals surface area contributed by atoms with Crippen molar-refractivity contribution in [3.8, 4) is 46.8 Å². The van der Waals surface area contributed by atoms with Crippen LogP contribution in [0.1, 0.15) is 11.1 Å². The number of rotatable bonds is 2. The van der Waals surface area contributed by atoms with Gasteiger partial charge in [0.2, 0.25) is 21.9 Å². The molecule has 0 unspecified atom stereocenters. The normalized spacial score (nSPS) is 12.1. The van der Waals surface area contributed by atoms with Crippen LogP contribution in [0.25, 0.3) is 33.7 Å². The Morgan fingerprint density at radius 3 is 1.19 bits per heavy atom. The molecule has 8 nitrogen and oxygen atoms in total. The van der Waals surface area contributed by atoms with Crippen molar-refractivity contribution in [2.75, 3.05) is 0 Å². The van der Waals surface area contributed by atoms with Crippen LogP contribution >= 0.6 is 0 Å². The summed E-state index contributed by atoms with van der Waals surface area (Å²) in [5.41, 5.74) is -9.59. The summed E-state index contributed by atoms with van der Waals surface area (Å²) in [6.45, 7) is 0. The largest absolute Gasteiger partial charge is 0.431 e. The van der Waals surface area contributed by atoms with Crippen LogP contribution in [-0.4, -0.2) is 9.97 Å². The molecule has 0 aliphatic heterocycles. The highest BCUT2D eigenvalue weighted by Crippen LogP contribution is 2.35. The third kappa shape index (κ3) is 5.25. The molecule has 2 heterocycles. The molecule has 2 aromatic carbocycles. The summed E-state index contributed by atoms with van der Waals surface area (Å²) < 4.78 is 119. The van der Waals surface area contributed by atoms with E-state index in [9.17, 15) is 56.2 Å². The van der Waals surface area contributed by atoms with E-state index < -0.39 is 90.7 Å². The topological polar surface area (TPSA) is 147 Å². The van der Waals surface area contributed by atoms with E-state index in [0.717, 1.165) is 12.1 Å². The summed E-state index contributed by atoms with van der Waals surface area (Å²) in [6.07, 6.45) is -10.2. The molecule has 4 rings (SSSR count). The predicted molar refractivity (Wildman–Crippen MR) is 120 cm³/mol. The predicted octanol–water partition coefficient (Wildman–Crippen LogP) is 5.00. The van der Waals surface area contributed by atoms with Crippen LogP contribution in [0.4, 0.5) is 35.1 Å². The second-order valence-electron chi connectivity index (χ2n) is 7.98. The molecule has 2 aromatic heterocycles. The molecule has 0 saturated carbocycles. The van der Waals surface area contributed by atoms with Gasteiger partial charge in [-0.1, -0.05) is 12.1 Å². The summed E-state index contributed by atoms with van der Waals surface area (Å²) in [6, 6.07) is 8.82. The second-order valence-corrected chi connectivity index (χ2v) is 7.98. The monoisotopic (exact) mass is 586 g/mol. The van der Waals surface area contributed by atoms with Crippen molar-refractivity contribution in [3.05, 3.63) is 81.1 Å². The number of aromatic nitrogens is 2. The molecule has 0 fully saturated rings. The quantitative estimate of drug-likeness (QED) is 0.298. The van der Waals surface area contributed by atoms with Gasteiger partial charge in [0.1, 0.15) is 47.3 Å². The van der Waals surface area contributed by atoms with Gasteiger partial charge in [-0.3, -0.25) is 0 Å². The molecule has 4 aromatic rings. The van der Waals surface area contributed by atoms with Gasteiger partial charge in [-0.05, 0) is 24.3 Å². The van der Waals surface area contributed by atoms with Gasteiger partial charge in [-0.15, -0.1) is 0 Å². The van der Waals surface area contributed by atoms with Crippen LogP contribution in [0.2, 0.25) is 0 Å². The van der Waals surface area contributed by atoms with Crippen molar-refractivity contribution in [1.82, 2.24) is 9.97 Å². The third-order valence-corrected chi connectivity index (χ3v) is 5.43. The number of halogens is 8. The van der Waals surface area contributed by atoms with Crippen molar-refractivity contribution >= 4 is 11.1 Å². The molecule has 0 saturated heterocycles. The lowest BCUT2D eigenvalue weighted by molar-refractivity contribution is -0.140. The fraction of sp³-hybridized carbons (Fsp3) is 0.0769. The summed E-state index contributed by atoms with van der Waals surface area (Å²) in [7, 11) is 0. The Hall–Kier alpha value is -6.00. The molecule has 42 heavy (non-hydrogen) atoms. The molecule has 0 spiro atoms. The van der Waals surface area contributed by atoms with Gasteiger partial charge in [0.05, 0.1) is 11.1 Å². The number of alkyl halides is 6. The van der Waals surface area contributed by atoms with Crippen LogP contribution in [0.3, 0.4) is 0 Å². The van der Waals surface area contributed by atoms with E-state index in [-0.39, 0.29) is 0 Å². The number of nitrogens with zero attached hydrogens (tertiary/aromatic N) is 6. The number of nitriles is 4. The van der Waals surface area contributed by atoms with Crippen LogP contribution < -0.4 is 11.1 Å². The fourth-order valence-electron chi connectivity index (χ4n) is 3.58. The van der Waals surface area contributed by atoms with E-state index in [0.29, 0.717) is 24.3 Å². The molecule has 0 amide bonds. The lowest BCUT2D eigenvalue weighted by Crippen LogP contribution is -2.08. The molecule has 0 aliphatic rings. The first kappa shape index (κ1) is 29.0. The third-order valence-electron chi connectivity index (χ3n) is 5.43. The smallest absolute Gasteiger partial charge is 0.419 e. The zero-order chi connectivity index (χ0) is 31.0. The van der Waals surface area contributed by atoms with Gasteiger partial charge in [0.15, 0.2) is 11.1 Å². The van der Waals surface area contributed by atoms with E-state index in [1.807, 2.05) is 0 Å². The molecule has 0 aliphatic carbocycles. The minimum absolute atomic E-state index is 0.358. The van der Waals surface area contributed by atoms with Gasteiger partial charge < -0.3 is 8.83 Å². The van der Waals surface area contributed by atoms with Gasteiger partial charge in [-0.2, -0.15) is 47.4 Å². The Morgan fingerprint density at radius 1 is 0.595 bits per heavy atom. The van der Waals surface area contributed by atoms with Crippen LogP contribution in [-0.2, 0) is 12.4 Å². The lowest BCUT2D eigenvalue weighted by atomic mass is 10.1. The SMILES string of the molecule is N#CC(C#N)=c1nc(-c2ccc(C(F)(F)F)c(F)c2)/c(=c2\oc(=C(C#N)C#N)nc2-c2ccc(C(F)(F)F)c(F)c2)o1. The number of benzene rings is 2. The average molecular weight is 586 g/mol. The highest BCUT2D eigenvalue weighted by Gasteiger charge is 2.35. The van der Waals surface area contributed by atoms with Crippen LogP contribution in [0, 0.1) is 67.8 Å². The van der Waals surface area contributed by atoms with Gasteiger partial charge in [0.25, 0.3) is 0 Å². The van der Waals surface area contributed by atoms with E-state index in [4.69, 9.17) is 8.83 Å². The maximum Gasteiger partial charge on any atom is 0.419 e. The number of hydrogen-bond acceptors (Lipinski definition) is 8. The molecule has 0 N–H and O–H groups in total. The van der Waals surface area contributed by atoms with Gasteiger partial charge in [-0.25, -0.2) is 18.7 Å². The van der Waals surface area contributed by atoms with Crippen molar-refractivity contribution in [2.45, 2.75) is 12.4 Å². The summed E-state index contributed by atoms with van der Waals surface area (Å²) in [4.78, 5) is 7.76. The molecule has 0 atom stereocenters. The minimum Gasteiger partial charge on any atom is -0.431 e. The zero-order valence-electron chi connectivity index (χ0n) is 20.0. The van der Waals surface area contributed by atoms with Crippen molar-refractivity contribution < 1.29 is 44.0 Å². The number of oxazole rings is 2. The summed E-state index contributed by atoms with van der Waals surface area (Å²) in [5.74, 6) is -3.51. The van der Waals surface area contributed by atoms with E-state index in [1.165, 1.54) is 24.3 Å². The first-order valence-electron chi connectivity index (χ1n) is 10.8. The van der Waals surface area contributed by atoms with E-state index >= 15 is 0 Å². The minimum atomic E-state index is -5.08. The van der Waals surface area contributed by atoms with Gasteiger partial charge >= 0.3 is 12.4 Å². The van der Waals surface area contributed by atoms with E-state index in [2.05, 4.69) is 9.97 Å². The number of hydrogen-bond donors (Lipinski definition) is 0. The van der Waals surface area contributed by atoms with Crippen molar-refractivity contribution in [1.29, 1.82) is 21.0 Å².